The first-order valence-electron chi connectivity index (χ1n) is 9.98. The van der Waals surface area contributed by atoms with Gasteiger partial charge in [0, 0.05) is 23.8 Å². The van der Waals surface area contributed by atoms with Crippen LogP contribution in [0.1, 0.15) is 0 Å². The van der Waals surface area contributed by atoms with Crippen LogP contribution in [0.25, 0.3) is 0 Å². The van der Waals surface area contributed by atoms with E-state index in [4.69, 9.17) is 21.1 Å². The van der Waals surface area contributed by atoms with Crippen molar-refractivity contribution in [1.29, 1.82) is 0 Å². The first-order chi connectivity index (χ1) is 15.7. The van der Waals surface area contributed by atoms with Crippen LogP contribution in [0.3, 0.4) is 0 Å². The normalized spacial score (nSPS) is 15.2. The third-order valence-electron chi connectivity index (χ3n) is 4.90. The molecule has 3 aromatic rings. The number of anilines is 1. The molecule has 11 heteroatoms. The van der Waals surface area contributed by atoms with Gasteiger partial charge in [0.2, 0.25) is 10.0 Å². The molecule has 33 heavy (non-hydrogen) atoms. The largest absolute Gasteiger partial charge is 0.457 e. The Bertz CT molecular complexity index is 1300. The molecule has 1 fully saturated rings. The quantitative estimate of drug-likeness (QED) is 0.518. The van der Waals surface area contributed by atoms with Crippen LogP contribution in [-0.2, 0) is 24.8 Å². The van der Waals surface area contributed by atoms with Crippen LogP contribution in [0.4, 0.5) is 5.69 Å². The van der Waals surface area contributed by atoms with Crippen molar-refractivity contribution in [2.24, 2.45) is 0 Å². The molecule has 0 bridgehead atoms. The minimum atomic E-state index is -3.75. The Hall–Kier alpha value is -2.63. The van der Waals surface area contributed by atoms with Gasteiger partial charge in [-0.15, -0.1) is 0 Å². The maximum absolute atomic E-state index is 12.7. The standard InChI is InChI=1S/C22H21ClN2O6S2/c23-17-1-9-21(10-2-17)32(26,27)24-18-3-5-19(6-4-18)31-20-7-11-22(12-8-20)33(28,29)25-13-15-30-16-14-25/h1-12,24H,13-16H2. The lowest BCUT2D eigenvalue weighted by atomic mass is 10.3. The van der Waals surface area contributed by atoms with Gasteiger partial charge in [-0.2, -0.15) is 4.31 Å². The lowest BCUT2D eigenvalue weighted by molar-refractivity contribution is 0.0730. The van der Waals surface area contributed by atoms with Crippen LogP contribution in [0, 0.1) is 0 Å². The van der Waals surface area contributed by atoms with Crippen LogP contribution in [0.5, 0.6) is 11.5 Å². The molecule has 0 radical (unpaired) electrons. The second-order valence-electron chi connectivity index (χ2n) is 7.17. The van der Waals surface area contributed by atoms with E-state index in [1.807, 2.05) is 0 Å². The summed E-state index contributed by atoms with van der Waals surface area (Å²) in [7, 11) is -7.32. The summed E-state index contributed by atoms with van der Waals surface area (Å²) in [4.78, 5) is 0.281. The van der Waals surface area contributed by atoms with Crippen molar-refractivity contribution in [2.45, 2.75) is 9.79 Å². The molecule has 4 rings (SSSR count). The molecule has 0 atom stereocenters. The van der Waals surface area contributed by atoms with E-state index in [2.05, 4.69) is 4.72 Å². The van der Waals surface area contributed by atoms with Crippen LogP contribution < -0.4 is 9.46 Å². The summed E-state index contributed by atoms with van der Waals surface area (Å²) in [5.74, 6) is 0.915. The van der Waals surface area contributed by atoms with Gasteiger partial charge in [-0.25, -0.2) is 16.8 Å². The number of halogens is 1. The number of ether oxygens (including phenoxy) is 2. The van der Waals surface area contributed by atoms with Gasteiger partial charge in [-0.1, -0.05) is 11.6 Å². The maximum atomic E-state index is 12.7. The van der Waals surface area contributed by atoms with E-state index < -0.39 is 20.0 Å². The fourth-order valence-electron chi connectivity index (χ4n) is 3.17. The molecule has 1 heterocycles. The fourth-order valence-corrected chi connectivity index (χ4v) is 5.76. The third-order valence-corrected chi connectivity index (χ3v) is 8.46. The molecule has 0 aromatic heterocycles. The molecular formula is C22H21ClN2O6S2. The number of benzene rings is 3. The highest BCUT2D eigenvalue weighted by atomic mass is 35.5. The first kappa shape index (κ1) is 23.5. The van der Waals surface area contributed by atoms with E-state index >= 15 is 0 Å². The zero-order valence-electron chi connectivity index (χ0n) is 17.3. The molecule has 0 unspecified atom stereocenters. The van der Waals surface area contributed by atoms with Crippen molar-refractivity contribution < 1.29 is 26.3 Å². The molecule has 3 aromatic carbocycles. The van der Waals surface area contributed by atoms with Gasteiger partial charge in [-0.05, 0) is 72.8 Å². The minimum absolute atomic E-state index is 0.0966. The summed E-state index contributed by atoms with van der Waals surface area (Å²) < 4.78 is 65.2. The van der Waals surface area contributed by atoms with Crippen LogP contribution >= 0.6 is 11.6 Å². The van der Waals surface area contributed by atoms with Gasteiger partial charge in [-0.3, -0.25) is 4.72 Å². The summed E-state index contributed by atoms with van der Waals surface area (Å²) in [5, 5.41) is 0.446. The summed E-state index contributed by atoms with van der Waals surface area (Å²) >= 11 is 5.81. The predicted molar refractivity (Wildman–Crippen MR) is 125 cm³/mol. The van der Waals surface area contributed by atoms with Gasteiger partial charge in [0.15, 0.2) is 0 Å². The average molecular weight is 509 g/mol. The summed E-state index contributed by atoms with van der Waals surface area (Å²) in [6.07, 6.45) is 0. The van der Waals surface area contributed by atoms with E-state index in [-0.39, 0.29) is 9.79 Å². The van der Waals surface area contributed by atoms with Gasteiger partial charge >= 0.3 is 0 Å². The molecule has 0 amide bonds. The Morgan fingerprint density at radius 3 is 1.85 bits per heavy atom. The molecule has 0 saturated carbocycles. The topological polar surface area (TPSA) is 102 Å². The van der Waals surface area contributed by atoms with Crippen molar-refractivity contribution in [1.82, 2.24) is 4.31 Å². The zero-order chi connectivity index (χ0) is 23.5. The Labute approximate surface area is 197 Å². The fraction of sp³-hybridized carbons (Fsp3) is 0.182. The number of rotatable bonds is 7. The smallest absolute Gasteiger partial charge is 0.261 e. The number of nitrogens with one attached hydrogen (secondary N) is 1. The summed E-state index contributed by atoms with van der Waals surface area (Å²) in [6.45, 7) is 1.42. The van der Waals surface area contributed by atoms with Crippen molar-refractivity contribution in [3.63, 3.8) is 0 Å². The lowest BCUT2D eigenvalue weighted by Gasteiger charge is -2.26. The van der Waals surface area contributed by atoms with Crippen LogP contribution in [-0.4, -0.2) is 47.4 Å². The molecule has 174 valence electrons. The molecule has 8 nitrogen and oxygen atoms in total. The molecule has 1 aliphatic heterocycles. The van der Waals surface area contributed by atoms with Gasteiger partial charge in [0.05, 0.1) is 23.0 Å². The Morgan fingerprint density at radius 1 is 0.758 bits per heavy atom. The molecule has 0 spiro atoms. The Balaban J connectivity index is 1.41. The van der Waals surface area contributed by atoms with E-state index in [0.717, 1.165) is 0 Å². The van der Waals surface area contributed by atoms with Gasteiger partial charge in [0.1, 0.15) is 11.5 Å². The highest BCUT2D eigenvalue weighted by Gasteiger charge is 2.26. The average Bonchev–Trinajstić information content (AvgIpc) is 2.81. The predicted octanol–water partition coefficient (Wildman–Crippen LogP) is 3.95. The maximum Gasteiger partial charge on any atom is 0.261 e. The van der Waals surface area contributed by atoms with E-state index in [1.54, 1.807) is 36.4 Å². The van der Waals surface area contributed by atoms with Gasteiger partial charge < -0.3 is 9.47 Å². The number of nitrogens with zero attached hydrogens (tertiary/aromatic N) is 1. The van der Waals surface area contributed by atoms with E-state index in [1.165, 1.54) is 40.7 Å². The summed E-state index contributed by atoms with van der Waals surface area (Å²) in [5.41, 5.74) is 0.365. The summed E-state index contributed by atoms with van der Waals surface area (Å²) in [6, 6.07) is 18.3. The second kappa shape index (κ2) is 9.70. The number of hydrogen-bond donors (Lipinski definition) is 1. The molecule has 1 aliphatic rings. The van der Waals surface area contributed by atoms with Crippen molar-refractivity contribution in [3.8, 4) is 11.5 Å². The van der Waals surface area contributed by atoms with Crippen molar-refractivity contribution >= 4 is 37.3 Å². The van der Waals surface area contributed by atoms with Crippen LogP contribution in [0.2, 0.25) is 5.02 Å². The van der Waals surface area contributed by atoms with Crippen molar-refractivity contribution in [2.75, 3.05) is 31.0 Å². The number of morpholine rings is 1. The number of sulfonamides is 2. The van der Waals surface area contributed by atoms with Crippen molar-refractivity contribution in [3.05, 3.63) is 77.8 Å². The SMILES string of the molecule is O=S(=O)(Nc1ccc(Oc2ccc(S(=O)(=O)N3CCOCC3)cc2)cc1)c1ccc(Cl)cc1. The number of hydrogen-bond acceptors (Lipinski definition) is 6. The minimum Gasteiger partial charge on any atom is -0.457 e. The van der Waals surface area contributed by atoms with Gasteiger partial charge in [0.25, 0.3) is 10.0 Å². The Kier molecular flexibility index (Phi) is 6.91. The highest BCUT2D eigenvalue weighted by molar-refractivity contribution is 7.92. The third kappa shape index (κ3) is 5.66. The second-order valence-corrected chi connectivity index (χ2v) is 11.2. The zero-order valence-corrected chi connectivity index (χ0v) is 19.7. The van der Waals surface area contributed by atoms with E-state index in [9.17, 15) is 16.8 Å². The molecular weight excluding hydrogens is 488 g/mol. The molecule has 1 saturated heterocycles. The first-order valence-corrected chi connectivity index (χ1v) is 13.3. The molecule has 0 aliphatic carbocycles. The van der Waals surface area contributed by atoms with E-state index in [0.29, 0.717) is 48.5 Å². The van der Waals surface area contributed by atoms with Crippen LogP contribution in [0.15, 0.2) is 82.6 Å². The monoisotopic (exact) mass is 508 g/mol. The highest BCUT2D eigenvalue weighted by Crippen LogP contribution is 2.26. The molecule has 1 N–H and O–H groups in total. The lowest BCUT2D eigenvalue weighted by Crippen LogP contribution is -2.40. The Morgan fingerprint density at radius 2 is 1.27 bits per heavy atom.